The van der Waals surface area contributed by atoms with Gasteiger partial charge < -0.3 is 9.72 Å². The number of aromatic nitrogens is 1. The minimum Gasteiger partial charge on any atom is -0.497 e. The van der Waals surface area contributed by atoms with Crippen molar-refractivity contribution in [2.75, 3.05) is 7.11 Å². The molecule has 1 N–H and O–H groups in total. The predicted molar refractivity (Wildman–Crippen MR) is 93.7 cm³/mol. The van der Waals surface area contributed by atoms with Crippen molar-refractivity contribution in [3.05, 3.63) is 53.6 Å². The number of benzene rings is 2. The number of nitrogens with zero attached hydrogens (tertiary/aromatic N) is 1. The van der Waals surface area contributed by atoms with Crippen LogP contribution in [-0.2, 0) is 6.42 Å². The second-order valence-corrected chi connectivity index (χ2v) is 6.00. The van der Waals surface area contributed by atoms with E-state index in [1.807, 2.05) is 18.2 Å². The van der Waals surface area contributed by atoms with Gasteiger partial charge in [0.25, 0.3) is 0 Å². The van der Waals surface area contributed by atoms with Crippen LogP contribution >= 0.6 is 0 Å². The molecule has 0 spiro atoms. The van der Waals surface area contributed by atoms with Gasteiger partial charge in [0.2, 0.25) is 0 Å². The fourth-order valence-electron chi connectivity index (χ4n) is 2.90. The Morgan fingerprint density at radius 3 is 2.48 bits per heavy atom. The Kier molecular flexibility index (Phi) is 4.08. The Morgan fingerprint density at radius 1 is 1.13 bits per heavy atom. The zero-order valence-electron chi connectivity index (χ0n) is 13.7. The van der Waals surface area contributed by atoms with Crippen LogP contribution in [0.3, 0.4) is 0 Å². The van der Waals surface area contributed by atoms with Crippen molar-refractivity contribution < 1.29 is 4.74 Å². The van der Waals surface area contributed by atoms with Crippen molar-refractivity contribution in [1.29, 1.82) is 5.26 Å². The normalized spacial score (nSPS) is 10.9. The number of nitriles is 1. The number of nitrogens with one attached hydrogen (secondary N) is 1. The van der Waals surface area contributed by atoms with Gasteiger partial charge in [0, 0.05) is 10.9 Å². The van der Waals surface area contributed by atoms with Crippen LogP contribution in [0.15, 0.2) is 42.5 Å². The van der Waals surface area contributed by atoms with E-state index in [1.54, 1.807) is 7.11 Å². The number of methoxy groups -OCH3 is 1. The van der Waals surface area contributed by atoms with E-state index in [1.165, 1.54) is 5.56 Å². The van der Waals surface area contributed by atoms with E-state index >= 15 is 0 Å². The summed E-state index contributed by atoms with van der Waals surface area (Å²) in [6, 6.07) is 16.8. The van der Waals surface area contributed by atoms with Crippen molar-refractivity contribution in [2.45, 2.75) is 26.2 Å². The fraction of sp³-hybridized carbons (Fsp3) is 0.250. The molecule has 0 aliphatic carbocycles. The van der Waals surface area contributed by atoms with E-state index in [2.05, 4.69) is 49.2 Å². The zero-order chi connectivity index (χ0) is 16.4. The van der Waals surface area contributed by atoms with Gasteiger partial charge in [0.15, 0.2) is 0 Å². The van der Waals surface area contributed by atoms with E-state index in [4.69, 9.17) is 4.74 Å². The Labute approximate surface area is 136 Å². The number of rotatable bonds is 4. The summed E-state index contributed by atoms with van der Waals surface area (Å²) in [5.74, 6) is 1.31. The maximum atomic E-state index is 9.22. The van der Waals surface area contributed by atoms with Gasteiger partial charge in [0.05, 0.1) is 25.3 Å². The minimum atomic E-state index is 0.369. The highest BCUT2D eigenvalue weighted by atomic mass is 16.5. The van der Waals surface area contributed by atoms with Crippen LogP contribution in [0.5, 0.6) is 5.75 Å². The molecule has 3 heteroatoms. The number of fused-ring (bicyclic) bond motifs is 1. The van der Waals surface area contributed by atoms with Crippen molar-refractivity contribution in [2.24, 2.45) is 0 Å². The summed E-state index contributed by atoms with van der Waals surface area (Å²) in [4.78, 5) is 3.46. The third kappa shape index (κ3) is 2.80. The summed E-state index contributed by atoms with van der Waals surface area (Å²) in [6.45, 7) is 4.37. The molecule has 1 aromatic heterocycles. The van der Waals surface area contributed by atoms with Crippen LogP contribution < -0.4 is 4.74 Å². The van der Waals surface area contributed by atoms with Crippen LogP contribution in [0.2, 0.25) is 0 Å². The van der Waals surface area contributed by atoms with Crippen LogP contribution in [0.1, 0.15) is 30.9 Å². The number of H-pyrrole nitrogens is 1. The van der Waals surface area contributed by atoms with Gasteiger partial charge >= 0.3 is 0 Å². The lowest BCUT2D eigenvalue weighted by atomic mass is 9.98. The maximum Gasteiger partial charge on any atom is 0.119 e. The molecule has 0 saturated heterocycles. The SMILES string of the molecule is COc1ccc2[nH]c(-c3ccc(C(C)C)cc3)c(CC#N)c2c1. The van der Waals surface area contributed by atoms with E-state index in [-0.39, 0.29) is 0 Å². The topological polar surface area (TPSA) is 48.8 Å². The third-order valence-corrected chi connectivity index (χ3v) is 4.24. The Balaban J connectivity index is 2.16. The predicted octanol–water partition coefficient (Wildman–Crippen LogP) is 5.03. The molecule has 0 aliphatic rings. The van der Waals surface area contributed by atoms with Gasteiger partial charge in [-0.05, 0) is 40.8 Å². The molecule has 0 aliphatic heterocycles. The molecule has 3 nitrogen and oxygen atoms in total. The highest BCUT2D eigenvalue weighted by Gasteiger charge is 2.14. The van der Waals surface area contributed by atoms with Crippen molar-refractivity contribution in [3.8, 4) is 23.1 Å². The Morgan fingerprint density at radius 2 is 1.87 bits per heavy atom. The molecule has 0 atom stereocenters. The Hall–Kier alpha value is -2.73. The monoisotopic (exact) mass is 304 g/mol. The first kappa shape index (κ1) is 15.2. The minimum absolute atomic E-state index is 0.369. The maximum absolute atomic E-state index is 9.22. The van der Waals surface area contributed by atoms with Gasteiger partial charge in [0.1, 0.15) is 5.75 Å². The van der Waals surface area contributed by atoms with Gasteiger partial charge in [-0.25, -0.2) is 0 Å². The van der Waals surface area contributed by atoms with Crippen molar-refractivity contribution in [3.63, 3.8) is 0 Å². The number of hydrogen-bond acceptors (Lipinski definition) is 2. The van der Waals surface area contributed by atoms with Crippen molar-refractivity contribution in [1.82, 2.24) is 4.98 Å². The largest absolute Gasteiger partial charge is 0.497 e. The molecule has 1 heterocycles. The molecule has 23 heavy (non-hydrogen) atoms. The first-order valence-corrected chi connectivity index (χ1v) is 7.80. The second-order valence-electron chi connectivity index (χ2n) is 6.00. The molecule has 3 aromatic rings. The molecular formula is C20H20N2O. The molecule has 3 rings (SSSR count). The van der Waals surface area contributed by atoms with Gasteiger partial charge in [-0.1, -0.05) is 38.1 Å². The van der Waals surface area contributed by atoms with Crippen molar-refractivity contribution >= 4 is 10.9 Å². The number of ether oxygens (including phenoxy) is 1. The van der Waals surface area contributed by atoms with E-state index in [0.717, 1.165) is 33.5 Å². The lowest BCUT2D eigenvalue weighted by molar-refractivity contribution is 0.415. The van der Waals surface area contributed by atoms with Crippen LogP contribution in [0.25, 0.3) is 22.2 Å². The average Bonchev–Trinajstić information content (AvgIpc) is 2.93. The first-order chi connectivity index (χ1) is 11.1. The summed E-state index contributed by atoms with van der Waals surface area (Å²) in [5, 5.41) is 10.3. The van der Waals surface area contributed by atoms with Crippen LogP contribution in [0.4, 0.5) is 0 Å². The molecular weight excluding hydrogens is 284 g/mol. The fourth-order valence-corrected chi connectivity index (χ4v) is 2.90. The third-order valence-electron chi connectivity index (χ3n) is 4.24. The molecule has 0 unspecified atom stereocenters. The summed E-state index contributed by atoms with van der Waals surface area (Å²) in [7, 11) is 1.66. The smallest absolute Gasteiger partial charge is 0.119 e. The highest BCUT2D eigenvalue weighted by Crippen LogP contribution is 2.33. The summed E-state index contributed by atoms with van der Waals surface area (Å²) in [6.07, 6.45) is 0.369. The summed E-state index contributed by atoms with van der Waals surface area (Å²) in [5.41, 5.74) is 5.49. The lowest BCUT2D eigenvalue weighted by Gasteiger charge is -2.07. The van der Waals surface area contributed by atoms with E-state index in [9.17, 15) is 5.26 Å². The quantitative estimate of drug-likeness (QED) is 0.734. The van der Waals surface area contributed by atoms with Gasteiger partial charge in [-0.2, -0.15) is 5.26 Å². The molecule has 116 valence electrons. The first-order valence-electron chi connectivity index (χ1n) is 7.80. The zero-order valence-corrected chi connectivity index (χ0v) is 13.7. The van der Waals surface area contributed by atoms with Gasteiger partial charge in [-0.3, -0.25) is 0 Å². The van der Waals surface area contributed by atoms with E-state index < -0.39 is 0 Å². The second kappa shape index (κ2) is 6.18. The lowest BCUT2D eigenvalue weighted by Crippen LogP contribution is -1.89. The molecule has 2 aromatic carbocycles. The summed E-state index contributed by atoms with van der Waals surface area (Å²) < 4.78 is 5.32. The molecule has 0 amide bonds. The van der Waals surface area contributed by atoms with Crippen LogP contribution in [-0.4, -0.2) is 12.1 Å². The highest BCUT2D eigenvalue weighted by molar-refractivity contribution is 5.92. The van der Waals surface area contributed by atoms with Gasteiger partial charge in [-0.15, -0.1) is 0 Å². The molecule has 0 radical (unpaired) electrons. The van der Waals surface area contributed by atoms with Crippen LogP contribution in [0, 0.1) is 11.3 Å². The Bertz CT molecular complexity index is 867. The molecule has 0 bridgehead atoms. The average molecular weight is 304 g/mol. The molecule has 0 fully saturated rings. The number of hydrogen-bond donors (Lipinski definition) is 1. The molecule has 0 saturated carbocycles. The summed E-state index contributed by atoms with van der Waals surface area (Å²) >= 11 is 0. The standard InChI is InChI=1S/C20H20N2O/c1-13(2)14-4-6-15(7-5-14)20-17(10-11-21)18-12-16(23-3)8-9-19(18)22-20/h4-9,12-13,22H,10H2,1-3H3. The number of aromatic amines is 1. The van der Waals surface area contributed by atoms with E-state index in [0.29, 0.717) is 12.3 Å².